The van der Waals surface area contributed by atoms with Crippen LogP contribution in [0.25, 0.3) is 0 Å². The van der Waals surface area contributed by atoms with Gasteiger partial charge in [0.05, 0.1) is 18.6 Å². The van der Waals surface area contributed by atoms with E-state index in [2.05, 4.69) is 65.6 Å². The molecule has 0 saturated heterocycles. The lowest BCUT2D eigenvalue weighted by Crippen LogP contribution is -2.26. The van der Waals surface area contributed by atoms with E-state index in [0.717, 1.165) is 19.6 Å². The topological polar surface area (TPSA) is 34.8 Å². The van der Waals surface area contributed by atoms with Crippen LogP contribution in [0.5, 0.6) is 0 Å². The summed E-state index contributed by atoms with van der Waals surface area (Å²) in [6.45, 7) is 11.8. The van der Waals surface area contributed by atoms with Gasteiger partial charge < -0.3 is 14.5 Å². The molecule has 21 heavy (non-hydrogen) atoms. The van der Waals surface area contributed by atoms with Gasteiger partial charge in [0.15, 0.2) is 0 Å². The predicted molar refractivity (Wildman–Crippen MR) is 87.3 cm³/mol. The average molecular weight is 288 g/mol. The highest BCUT2D eigenvalue weighted by Gasteiger charge is 2.16. The number of nitrogens with one attached hydrogen (secondary N) is 1. The summed E-state index contributed by atoms with van der Waals surface area (Å²) in [6.07, 6.45) is 9.46. The summed E-state index contributed by atoms with van der Waals surface area (Å²) in [5, 5.41) is 3.65. The van der Waals surface area contributed by atoms with Gasteiger partial charge in [-0.2, -0.15) is 0 Å². The lowest BCUT2D eigenvalue weighted by molar-refractivity contribution is 0.412. The summed E-state index contributed by atoms with van der Waals surface area (Å²) in [5.41, 5.74) is 2.63. The van der Waals surface area contributed by atoms with Crippen LogP contribution in [0.1, 0.15) is 51.4 Å². The maximum atomic E-state index is 4.24. The van der Waals surface area contributed by atoms with Gasteiger partial charge in [0.1, 0.15) is 0 Å². The maximum absolute atomic E-state index is 4.24. The molecule has 2 aromatic heterocycles. The third-order valence-corrected chi connectivity index (χ3v) is 3.90. The first-order valence-corrected chi connectivity index (χ1v) is 8.03. The molecule has 0 amide bonds. The minimum atomic E-state index is 0.433. The number of imidazole rings is 1. The van der Waals surface area contributed by atoms with Crippen LogP contribution < -0.4 is 5.32 Å². The molecule has 0 saturated carbocycles. The Bertz CT molecular complexity index is 538. The van der Waals surface area contributed by atoms with Gasteiger partial charge in [-0.3, -0.25) is 0 Å². The van der Waals surface area contributed by atoms with Crippen LogP contribution >= 0.6 is 0 Å². The van der Waals surface area contributed by atoms with Crippen molar-refractivity contribution in [2.24, 2.45) is 5.92 Å². The molecule has 0 aromatic carbocycles. The van der Waals surface area contributed by atoms with Gasteiger partial charge in [0, 0.05) is 31.2 Å². The quantitative estimate of drug-likeness (QED) is 0.807. The average Bonchev–Trinajstić information content (AvgIpc) is 3.09. The fourth-order valence-electron chi connectivity index (χ4n) is 2.73. The van der Waals surface area contributed by atoms with Crippen LogP contribution in [0.2, 0.25) is 0 Å². The fraction of sp³-hybridized carbons (Fsp3) is 0.588. The molecule has 0 fully saturated rings. The van der Waals surface area contributed by atoms with E-state index >= 15 is 0 Å². The molecule has 2 aromatic rings. The molecule has 2 heterocycles. The Kier molecular flexibility index (Phi) is 5.62. The number of nitrogens with zero attached hydrogens (tertiary/aromatic N) is 3. The third kappa shape index (κ3) is 3.97. The number of aryl methyl sites for hydroxylation is 1. The van der Waals surface area contributed by atoms with E-state index < -0.39 is 0 Å². The standard InChI is InChI=1S/C17H28N4/c1-5-8-19-17(14(3)4)15-7-9-20(11-15)12-16-10-18-13-21(16)6-2/h7,9-11,13-14,17,19H,5-6,8,12H2,1-4H3. The third-order valence-electron chi connectivity index (χ3n) is 3.90. The van der Waals surface area contributed by atoms with Crippen molar-refractivity contribution >= 4 is 0 Å². The normalized spacial score (nSPS) is 13.0. The Morgan fingerprint density at radius 1 is 1.29 bits per heavy atom. The minimum Gasteiger partial charge on any atom is -0.348 e. The van der Waals surface area contributed by atoms with E-state index in [9.17, 15) is 0 Å². The lowest BCUT2D eigenvalue weighted by atomic mass is 9.98. The van der Waals surface area contributed by atoms with Crippen LogP contribution in [0.4, 0.5) is 0 Å². The molecule has 116 valence electrons. The summed E-state index contributed by atoms with van der Waals surface area (Å²) >= 11 is 0. The molecule has 1 atom stereocenters. The zero-order valence-electron chi connectivity index (χ0n) is 13.7. The summed E-state index contributed by atoms with van der Waals surface area (Å²) < 4.78 is 4.44. The molecular weight excluding hydrogens is 260 g/mol. The second kappa shape index (κ2) is 7.46. The predicted octanol–water partition coefficient (Wildman–Crippen LogP) is 3.45. The summed E-state index contributed by atoms with van der Waals surface area (Å²) in [7, 11) is 0. The second-order valence-corrected chi connectivity index (χ2v) is 5.96. The first-order valence-electron chi connectivity index (χ1n) is 8.03. The van der Waals surface area contributed by atoms with Crippen molar-refractivity contribution in [1.29, 1.82) is 0 Å². The van der Waals surface area contributed by atoms with Gasteiger partial charge in [0.25, 0.3) is 0 Å². The highest BCUT2D eigenvalue weighted by molar-refractivity contribution is 5.17. The van der Waals surface area contributed by atoms with Crippen molar-refractivity contribution in [2.75, 3.05) is 6.54 Å². The van der Waals surface area contributed by atoms with Gasteiger partial charge in [-0.1, -0.05) is 20.8 Å². The van der Waals surface area contributed by atoms with Crippen molar-refractivity contribution in [3.8, 4) is 0 Å². The molecule has 0 aliphatic carbocycles. The summed E-state index contributed by atoms with van der Waals surface area (Å²) in [5.74, 6) is 0.591. The number of aromatic nitrogens is 3. The monoisotopic (exact) mass is 288 g/mol. The van der Waals surface area contributed by atoms with E-state index in [1.165, 1.54) is 17.7 Å². The summed E-state index contributed by atoms with van der Waals surface area (Å²) in [6, 6.07) is 2.67. The molecule has 2 rings (SSSR count). The SMILES string of the molecule is CCCNC(c1ccn(Cc2cncn2CC)c1)C(C)C. The first kappa shape index (κ1) is 15.8. The van der Waals surface area contributed by atoms with Crippen LogP contribution in [0.3, 0.4) is 0 Å². The largest absolute Gasteiger partial charge is 0.348 e. The molecule has 0 aliphatic heterocycles. The van der Waals surface area contributed by atoms with E-state index in [0.29, 0.717) is 12.0 Å². The Hall–Kier alpha value is -1.55. The van der Waals surface area contributed by atoms with E-state index in [1.807, 2.05) is 12.5 Å². The van der Waals surface area contributed by atoms with Crippen molar-refractivity contribution in [3.63, 3.8) is 0 Å². The first-order chi connectivity index (χ1) is 10.2. The molecule has 0 radical (unpaired) electrons. The Balaban J connectivity index is 2.09. The zero-order chi connectivity index (χ0) is 15.2. The van der Waals surface area contributed by atoms with Crippen LogP contribution in [-0.2, 0) is 13.1 Å². The number of hydrogen-bond acceptors (Lipinski definition) is 2. The van der Waals surface area contributed by atoms with Crippen LogP contribution in [0.15, 0.2) is 31.0 Å². The van der Waals surface area contributed by atoms with Crippen molar-refractivity contribution in [1.82, 2.24) is 19.4 Å². The van der Waals surface area contributed by atoms with Gasteiger partial charge in [-0.15, -0.1) is 0 Å². The van der Waals surface area contributed by atoms with Gasteiger partial charge in [-0.25, -0.2) is 4.98 Å². The van der Waals surface area contributed by atoms with Gasteiger partial charge in [-0.05, 0) is 37.4 Å². The molecule has 1 unspecified atom stereocenters. The lowest BCUT2D eigenvalue weighted by Gasteiger charge is -2.21. The molecular formula is C17H28N4. The molecule has 0 aliphatic rings. The van der Waals surface area contributed by atoms with E-state index in [4.69, 9.17) is 0 Å². The Morgan fingerprint density at radius 3 is 2.76 bits per heavy atom. The Morgan fingerprint density at radius 2 is 2.10 bits per heavy atom. The van der Waals surface area contributed by atoms with Crippen molar-refractivity contribution < 1.29 is 0 Å². The summed E-state index contributed by atoms with van der Waals surface area (Å²) in [4.78, 5) is 4.24. The van der Waals surface area contributed by atoms with Crippen LogP contribution in [-0.4, -0.2) is 20.7 Å². The molecule has 4 nitrogen and oxygen atoms in total. The second-order valence-electron chi connectivity index (χ2n) is 5.96. The van der Waals surface area contributed by atoms with Crippen LogP contribution in [0, 0.1) is 5.92 Å². The van der Waals surface area contributed by atoms with Crippen molar-refractivity contribution in [2.45, 2.75) is 53.2 Å². The molecule has 1 N–H and O–H groups in total. The number of rotatable bonds is 8. The van der Waals surface area contributed by atoms with E-state index in [-0.39, 0.29) is 0 Å². The molecule has 0 spiro atoms. The molecule has 4 heteroatoms. The fourth-order valence-corrected chi connectivity index (χ4v) is 2.73. The minimum absolute atomic E-state index is 0.433. The van der Waals surface area contributed by atoms with Gasteiger partial charge >= 0.3 is 0 Å². The van der Waals surface area contributed by atoms with Gasteiger partial charge in [0.2, 0.25) is 0 Å². The Labute approximate surface area is 128 Å². The zero-order valence-corrected chi connectivity index (χ0v) is 13.7. The van der Waals surface area contributed by atoms with Crippen molar-refractivity contribution in [3.05, 3.63) is 42.2 Å². The maximum Gasteiger partial charge on any atom is 0.0948 e. The smallest absolute Gasteiger partial charge is 0.0948 e. The molecule has 0 bridgehead atoms. The highest BCUT2D eigenvalue weighted by Crippen LogP contribution is 2.22. The number of hydrogen-bond donors (Lipinski definition) is 1. The van der Waals surface area contributed by atoms with E-state index in [1.54, 1.807) is 0 Å². The highest BCUT2D eigenvalue weighted by atomic mass is 15.1.